The number of rotatable bonds is 2. The number of methoxy groups -OCH3 is 1. The molecule has 0 bridgehead atoms. The molecule has 0 saturated heterocycles. The van der Waals surface area contributed by atoms with Crippen LogP contribution in [-0.4, -0.2) is 19.0 Å². The third kappa shape index (κ3) is 2.70. The van der Waals surface area contributed by atoms with E-state index in [2.05, 4.69) is 10.3 Å². The SMILES string of the molecule is COc1ccc(C)cc1NC1=Nc2cc(N)ccc2OC1C. The van der Waals surface area contributed by atoms with E-state index in [1.807, 2.05) is 44.2 Å². The van der Waals surface area contributed by atoms with Crippen molar-refractivity contribution in [1.29, 1.82) is 0 Å². The molecular weight excluding hydrogens is 278 g/mol. The van der Waals surface area contributed by atoms with Crippen LogP contribution in [0.4, 0.5) is 17.1 Å². The van der Waals surface area contributed by atoms with Crippen molar-refractivity contribution in [2.24, 2.45) is 4.99 Å². The zero-order valence-corrected chi connectivity index (χ0v) is 12.9. The van der Waals surface area contributed by atoms with Gasteiger partial charge < -0.3 is 20.5 Å². The van der Waals surface area contributed by atoms with Gasteiger partial charge in [0.1, 0.15) is 23.0 Å². The number of benzene rings is 2. The molecule has 5 heteroatoms. The van der Waals surface area contributed by atoms with Gasteiger partial charge in [-0.1, -0.05) is 6.07 Å². The molecule has 0 radical (unpaired) electrons. The third-order valence-electron chi connectivity index (χ3n) is 3.53. The Bertz CT molecular complexity index is 741. The lowest BCUT2D eigenvalue weighted by Gasteiger charge is -2.25. The quantitative estimate of drug-likeness (QED) is 0.832. The number of ether oxygens (including phenoxy) is 2. The van der Waals surface area contributed by atoms with Gasteiger partial charge in [0.25, 0.3) is 0 Å². The van der Waals surface area contributed by atoms with Crippen LogP contribution in [0.3, 0.4) is 0 Å². The number of aliphatic imine (C=N–C) groups is 1. The molecule has 1 heterocycles. The minimum absolute atomic E-state index is 0.179. The van der Waals surface area contributed by atoms with E-state index in [0.29, 0.717) is 5.69 Å². The van der Waals surface area contributed by atoms with Crippen LogP contribution in [0.25, 0.3) is 0 Å². The van der Waals surface area contributed by atoms with Crippen LogP contribution < -0.4 is 20.5 Å². The number of fused-ring (bicyclic) bond motifs is 1. The number of nitrogens with one attached hydrogen (secondary N) is 1. The van der Waals surface area contributed by atoms with Crippen molar-refractivity contribution in [1.82, 2.24) is 0 Å². The van der Waals surface area contributed by atoms with Gasteiger partial charge in [0, 0.05) is 5.69 Å². The van der Waals surface area contributed by atoms with Crippen LogP contribution in [-0.2, 0) is 0 Å². The fourth-order valence-corrected chi connectivity index (χ4v) is 2.38. The Hall–Kier alpha value is -2.69. The van der Waals surface area contributed by atoms with Gasteiger partial charge in [-0.2, -0.15) is 0 Å². The second-order valence-corrected chi connectivity index (χ2v) is 5.31. The van der Waals surface area contributed by atoms with Gasteiger partial charge in [-0.3, -0.25) is 0 Å². The monoisotopic (exact) mass is 297 g/mol. The summed E-state index contributed by atoms with van der Waals surface area (Å²) >= 11 is 0. The maximum absolute atomic E-state index is 5.89. The number of nitrogens with zero attached hydrogens (tertiary/aromatic N) is 1. The molecule has 0 aliphatic carbocycles. The molecule has 0 spiro atoms. The summed E-state index contributed by atoms with van der Waals surface area (Å²) in [5, 5.41) is 3.31. The number of aryl methyl sites for hydroxylation is 1. The fourth-order valence-electron chi connectivity index (χ4n) is 2.38. The Morgan fingerprint density at radius 1 is 1.23 bits per heavy atom. The second kappa shape index (κ2) is 5.60. The maximum Gasteiger partial charge on any atom is 0.153 e. The molecule has 1 aliphatic rings. The molecule has 0 amide bonds. The van der Waals surface area contributed by atoms with Crippen molar-refractivity contribution in [2.75, 3.05) is 18.2 Å². The van der Waals surface area contributed by atoms with Gasteiger partial charge in [0.15, 0.2) is 6.10 Å². The first-order chi connectivity index (χ1) is 10.6. The van der Waals surface area contributed by atoms with Gasteiger partial charge in [0.2, 0.25) is 0 Å². The standard InChI is InChI=1S/C17H19N3O2/c1-10-4-6-15(21-3)13(8-10)19-17-11(2)22-16-7-5-12(18)9-14(16)20-17/h4-9,11H,18H2,1-3H3,(H,19,20). The molecule has 114 valence electrons. The van der Waals surface area contributed by atoms with Crippen LogP contribution >= 0.6 is 0 Å². The van der Waals surface area contributed by atoms with E-state index in [1.54, 1.807) is 13.2 Å². The minimum Gasteiger partial charge on any atom is -0.495 e. The molecule has 5 nitrogen and oxygen atoms in total. The number of hydrogen-bond donors (Lipinski definition) is 2. The van der Waals surface area contributed by atoms with Crippen LogP contribution in [0.5, 0.6) is 11.5 Å². The van der Waals surface area contributed by atoms with Gasteiger partial charge >= 0.3 is 0 Å². The molecule has 0 saturated carbocycles. The second-order valence-electron chi connectivity index (χ2n) is 5.31. The number of amidine groups is 1. The Morgan fingerprint density at radius 2 is 2.05 bits per heavy atom. The van der Waals surface area contributed by atoms with Crippen LogP contribution in [0.1, 0.15) is 12.5 Å². The van der Waals surface area contributed by atoms with Crippen LogP contribution in [0.15, 0.2) is 41.4 Å². The molecule has 2 aromatic carbocycles. The molecule has 0 fully saturated rings. The zero-order valence-electron chi connectivity index (χ0n) is 12.9. The summed E-state index contributed by atoms with van der Waals surface area (Å²) in [6.45, 7) is 3.98. The van der Waals surface area contributed by atoms with Crippen LogP contribution in [0.2, 0.25) is 0 Å². The van der Waals surface area contributed by atoms with Crippen molar-refractivity contribution in [2.45, 2.75) is 20.0 Å². The first-order valence-corrected chi connectivity index (χ1v) is 7.13. The normalized spacial score (nSPS) is 16.3. The van der Waals surface area contributed by atoms with E-state index >= 15 is 0 Å². The molecule has 1 atom stereocenters. The summed E-state index contributed by atoms with van der Waals surface area (Å²) in [5.41, 5.74) is 9.21. The third-order valence-corrected chi connectivity index (χ3v) is 3.53. The maximum atomic E-state index is 5.89. The van der Waals surface area contributed by atoms with E-state index in [0.717, 1.165) is 34.3 Å². The van der Waals surface area contributed by atoms with Gasteiger partial charge in [-0.05, 0) is 49.7 Å². The van der Waals surface area contributed by atoms with Crippen molar-refractivity contribution >= 4 is 22.9 Å². The highest BCUT2D eigenvalue weighted by Gasteiger charge is 2.21. The smallest absolute Gasteiger partial charge is 0.153 e. The van der Waals surface area contributed by atoms with Crippen LogP contribution in [0, 0.1) is 6.92 Å². The predicted octanol–water partition coefficient (Wildman–Crippen LogP) is 3.51. The number of nitrogens with two attached hydrogens (primary N) is 1. The summed E-state index contributed by atoms with van der Waals surface area (Å²) < 4.78 is 11.3. The fraction of sp³-hybridized carbons (Fsp3) is 0.235. The molecule has 22 heavy (non-hydrogen) atoms. The Balaban J connectivity index is 1.96. The van der Waals surface area contributed by atoms with E-state index in [1.165, 1.54) is 0 Å². The number of anilines is 2. The highest BCUT2D eigenvalue weighted by atomic mass is 16.5. The molecule has 1 aliphatic heterocycles. The van der Waals surface area contributed by atoms with Gasteiger partial charge in [-0.15, -0.1) is 0 Å². The molecule has 3 rings (SSSR count). The Morgan fingerprint density at radius 3 is 2.82 bits per heavy atom. The number of nitrogen functional groups attached to an aromatic ring is 1. The summed E-state index contributed by atoms with van der Waals surface area (Å²) in [5.74, 6) is 2.23. The van der Waals surface area contributed by atoms with Crippen molar-refractivity contribution in [3.05, 3.63) is 42.0 Å². The van der Waals surface area contributed by atoms with Crippen molar-refractivity contribution < 1.29 is 9.47 Å². The Kier molecular flexibility index (Phi) is 3.63. The predicted molar refractivity (Wildman–Crippen MR) is 89.4 cm³/mol. The lowest BCUT2D eigenvalue weighted by atomic mass is 10.2. The van der Waals surface area contributed by atoms with Gasteiger partial charge in [-0.25, -0.2) is 4.99 Å². The summed E-state index contributed by atoms with van der Waals surface area (Å²) in [6, 6.07) is 11.4. The molecule has 0 aromatic heterocycles. The van der Waals surface area contributed by atoms with E-state index < -0.39 is 0 Å². The first kappa shape index (κ1) is 14.3. The van der Waals surface area contributed by atoms with E-state index in [-0.39, 0.29) is 6.10 Å². The van der Waals surface area contributed by atoms with E-state index in [9.17, 15) is 0 Å². The summed E-state index contributed by atoms with van der Waals surface area (Å²) in [6.07, 6.45) is -0.179. The van der Waals surface area contributed by atoms with Gasteiger partial charge in [0.05, 0.1) is 12.8 Å². The molecular formula is C17H19N3O2. The number of hydrogen-bond acceptors (Lipinski definition) is 5. The highest BCUT2D eigenvalue weighted by Crippen LogP contribution is 2.35. The lowest BCUT2D eigenvalue weighted by Crippen LogP contribution is -2.32. The molecule has 2 aromatic rings. The molecule has 1 unspecified atom stereocenters. The highest BCUT2D eigenvalue weighted by molar-refractivity contribution is 6.02. The summed E-state index contributed by atoms with van der Waals surface area (Å²) in [4.78, 5) is 4.63. The minimum atomic E-state index is -0.179. The first-order valence-electron chi connectivity index (χ1n) is 7.13. The van der Waals surface area contributed by atoms with Crippen molar-refractivity contribution in [3.8, 4) is 11.5 Å². The Labute approximate surface area is 129 Å². The lowest BCUT2D eigenvalue weighted by molar-refractivity contribution is 0.283. The van der Waals surface area contributed by atoms with Crippen molar-refractivity contribution in [3.63, 3.8) is 0 Å². The largest absolute Gasteiger partial charge is 0.495 e. The average molecular weight is 297 g/mol. The summed E-state index contributed by atoms with van der Waals surface area (Å²) in [7, 11) is 1.65. The molecule has 3 N–H and O–H groups in total. The average Bonchev–Trinajstić information content (AvgIpc) is 2.49. The zero-order chi connectivity index (χ0) is 15.7. The topological polar surface area (TPSA) is 68.9 Å². The van der Waals surface area contributed by atoms with E-state index in [4.69, 9.17) is 15.2 Å².